The SMILES string of the molecule is Cc1ccc(S(=O)(=O)N2C[C@H](C(=O)Nc3ccc(C(F)(F)F)cc3)Oc3cc(C)ccc32)cc1. The summed E-state index contributed by atoms with van der Waals surface area (Å²) in [5.74, 6) is -0.467. The van der Waals surface area contributed by atoms with E-state index in [4.69, 9.17) is 4.74 Å². The highest BCUT2D eigenvalue weighted by atomic mass is 32.2. The molecular weight excluding hydrogens is 469 g/mol. The van der Waals surface area contributed by atoms with Crippen molar-refractivity contribution in [3.05, 3.63) is 83.4 Å². The Hall–Kier alpha value is -3.53. The van der Waals surface area contributed by atoms with Gasteiger partial charge in [0.05, 0.1) is 22.7 Å². The summed E-state index contributed by atoms with van der Waals surface area (Å²) in [5, 5.41) is 2.50. The topological polar surface area (TPSA) is 75.7 Å². The molecule has 1 amide bonds. The molecule has 0 spiro atoms. The van der Waals surface area contributed by atoms with Gasteiger partial charge in [0.25, 0.3) is 15.9 Å². The van der Waals surface area contributed by atoms with E-state index in [2.05, 4.69) is 5.32 Å². The van der Waals surface area contributed by atoms with E-state index in [9.17, 15) is 26.4 Å². The van der Waals surface area contributed by atoms with Gasteiger partial charge in [0.15, 0.2) is 6.10 Å². The second-order valence-electron chi connectivity index (χ2n) is 7.99. The number of aryl methyl sites for hydroxylation is 2. The van der Waals surface area contributed by atoms with E-state index in [1.165, 1.54) is 12.1 Å². The number of nitrogens with zero attached hydrogens (tertiary/aromatic N) is 1. The fourth-order valence-electron chi connectivity index (χ4n) is 3.53. The predicted molar refractivity (Wildman–Crippen MR) is 121 cm³/mol. The van der Waals surface area contributed by atoms with Crippen LogP contribution >= 0.6 is 0 Å². The number of carbonyl (C=O) groups excluding carboxylic acids is 1. The third-order valence-corrected chi connectivity index (χ3v) is 7.16. The molecule has 0 unspecified atom stereocenters. The zero-order chi connectivity index (χ0) is 24.7. The monoisotopic (exact) mass is 490 g/mol. The largest absolute Gasteiger partial charge is 0.476 e. The van der Waals surface area contributed by atoms with Crippen LogP contribution in [0, 0.1) is 13.8 Å². The number of anilines is 2. The number of hydrogen-bond donors (Lipinski definition) is 1. The van der Waals surface area contributed by atoms with Crippen molar-refractivity contribution in [2.75, 3.05) is 16.2 Å². The van der Waals surface area contributed by atoms with Crippen molar-refractivity contribution in [1.29, 1.82) is 0 Å². The highest BCUT2D eigenvalue weighted by molar-refractivity contribution is 7.92. The number of rotatable bonds is 4. The van der Waals surface area contributed by atoms with Crippen molar-refractivity contribution in [3.8, 4) is 5.75 Å². The highest BCUT2D eigenvalue weighted by Crippen LogP contribution is 2.38. The molecule has 3 aromatic carbocycles. The molecule has 4 rings (SSSR count). The minimum Gasteiger partial charge on any atom is -0.476 e. The second kappa shape index (κ2) is 8.68. The summed E-state index contributed by atoms with van der Waals surface area (Å²) in [5.41, 5.74) is 1.27. The number of benzene rings is 3. The first-order chi connectivity index (χ1) is 15.9. The van der Waals surface area contributed by atoms with Crippen LogP contribution in [-0.4, -0.2) is 27.0 Å². The van der Waals surface area contributed by atoms with Gasteiger partial charge in [0, 0.05) is 5.69 Å². The highest BCUT2D eigenvalue weighted by Gasteiger charge is 2.38. The number of carbonyl (C=O) groups is 1. The summed E-state index contributed by atoms with van der Waals surface area (Å²) < 4.78 is 72.2. The Morgan fingerprint density at radius 1 is 0.971 bits per heavy atom. The van der Waals surface area contributed by atoms with Crippen LogP contribution in [0.15, 0.2) is 71.6 Å². The third-order valence-electron chi connectivity index (χ3n) is 5.37. The lowest BCUT2D eigenvalue weighted by Gasteiger charge is -2.35. The van der Waals surface area contributed by atoms with E-state index in [-0.39, 0.29) is 22.9 Å². The summed E-state index contributed by atoms with van der Waals surface area (Å²) in [6.45, 7) is 3.33. The number of alkyl halides is 3. The van der Waals surface area contributed by atoms with Crippen molar-refractivity contribution in [2.45, 2.75) is 31.0 Å². The maximum atomic E-state index is 13.4. The molecular formula is C24H21F3N2O4S. The van der Waals surface area contributed by atoms with Crippen LogP contribution in [0.25, 0.3) is 0 Å². The predicted octanol–water partition coefficient (Wildman–Crippen LogP) is 4.92. The number of sulfonamides is 1. The lowest BCUT2D eigenvalue weighted by atomic mass is 10.1. The summed E-state index contributed by atoms with van der Waals surface area (Å²) in [6, 6.07) is 15.3. The lowest BCUT2D eigenvalue weighted by molar-refractivity contribution is -0.137. The maximum absolute atomic E-state index is 13.4. The van der Waals surface area contributed by atoms with Crippen LogP contribution < -0.4 is 14.4 Å². The Morgan fingerprint density at radius 3 is 2.21 bits per heavy atom. The Bertz CT molecular complexity index is 1320. The van der Waals surface area contributed by atoms with Crippen molar-refractivity contribution in [2.24, 2.45) is 0 Å². The molecule has 0 aromatic heterocycles. The minimum atomic E-state index is -4.50. The Labute approximate surface area is 195 Å². The van der Waals surface area contributed by atoms with Crippen LogP contribution in [-0.2, 0) is 21.0 Å². The average molecular weight is 491 g/mol. The molecule has 0 radical (unpaired) electrons. The summed E-state index contributed by atoms with van der Waals surface area (Å²) in [4.78, 5) is 13.0. The summed E-state index contributed by atoms with van der Waals surface area (Å²) >= 11 is 0. The molecule has 3 aromatic rings. The summed E-state index contributed by atoms with van der Waals surface area (Å²) in [7, 11) is -4.02. The van der Waals surface area contributed by atoms with Gasteiger partial charge in [0.2, 0.25) is 0 Å². The quantitative estimate of drug-likeness (QED) is 0.564. The van der Waals surface area contributed by atoms with Gasteiger partial charge in [-0.3, -0.25) is 9.10 Å². The molecule has 6 nitrogen and oxygen atoms in total. The molecule has 1 atom stereocenters. The molecule has 1 aliphatic heterocycles. The van der Waals surface area contributed by atoms with Gasteiger partial charge in [-0.05, 0) is 67.9 Å². The molecule has 1 N–H and O–H groups in total. The van der Waals surface area contributed by atoms with Crippen molar-refractivity contribution in [3.63, 3.8) is 0 Å². The lowest BCUT2D eigenvalue weighted by Crippen LogP contribution is -2.48. The number of fused-ring (bicyclic) bond motifs is 1. The normalized spacial score (nSPS) is 15.9. The van der Waals surface area contributed by atoms with Gasteiger partial charge in [-0.15, -0.1) is 0 Å². The molecule has 0 bridgehead atoms. The van der Waals surface area contributed by atoms with Crippen molar-refractivity contribution < 1.29 is 31.1 Å². The van der Waals surface area contributed by atoms with Gasteiger partial charge in [-0.2, -0.15) is 13.2 Å². The van der Waals surface area contributed by atoms with Crippen LogP contribution in [0.5, 0.6) is 5.75 Å². The van der Waals surface area contributed by atoms with Crippen molar-refractivity contribution >= 4 is 27.3 Å². The van der Waals surface area contributed by atoms with E-state index < -0.39 is 33.8 Å². The molecule has 0 saturated carbocycles. The summed E-state index contributed by atoms with van der Waals surface area (Å²) in [6.07, 6.45) is -5.72. The first-order valence-corrected chi connectivity index (χ1v) is 11.7. The first-order valence-electron chi connectivity index (χ1n) is 10.3. The molecule has 1 aliphatic rings. The Kier molecular flexibility index (Phi) is 6.03. The maximum Gasteiger partial charge on any atom is 0.416 e. The van der Waals surface area contributed by atoms with Crippen LogP contribution in [0.2, 0.25) is 0 Å². The average Bonchev–Trinajstić information content (AvgIpc) is 2.78. The molecule has 178 valence electrons. The molecule has 34 heavy (non-hydrogen) atoms. The third kappa shape index (κ3) is 4.72. The molecule has 0 aliphatic carbocycles. The zero-order valence-electron chi connectivity index (χ0n) is 18.3. The fraction of sp³-hybridized carbons (Fsp3) is 0.208. The van der Waals surface area contributed by atoms with E-state index in [0.29, 0.717) is 5.69 Å². The molecule has 1 heterocycles. The van der Waals surface area contributed by atoms with E-state index in [1.54, 1.807) is 37.3 Å². The van der Waals surface area contributed by atoms with Gasteiger partial charge >= 0.3 is 6.18 Å². The van der Waals surface area contributed by atoms with Gasteiger partial charge in [-0.1, -0.05) is 23.8 Å². The smallest absolute Gasteiger partial charge is 0.416 e. The number of halogens is 3. The van der Waals surface area contributed by atoms with Gasteiger partial charge < -0.3 is 10.1 Å². The number of hydrogen-bond acceptors (Lipinski definition) is 4. The van der Waals surface area contributed by atoms with E-state index in [1.807, 2.05) is 6.92 Å². The number of ether oxygens (including phenoxy) is 1. The minimum absolute atomic E-state index is 0.0634. The van der Waals surface area contributed by atoms with Crippen LogP contribution in [0.1, 0.15) is 16.7 Å². The van der Waals surface area contributed by atoms with Crippen LogP contribution in [0.4, 0.5) is 24.5 Å². The number of nitrogens with one attached hydrogen (secondary N) is 1. The Morgan fingerprint density at radius 2 is 1.59 bits per heavy atom. The molecule has 0 fully saturated rings. The van der Waals surface area contributed by atoms with E-state index in [0.717, 1.165) is 39.7 Å². The fourth-order valence-corrected chi connectivity index (χ4v) is 5.00. The van der Waals surface area contributed by atoms with Gasteiger partial charge in [0.1, 0.15) is 5.75 Å². The second-order valence-corrected chi connectivity index (χ2v) is 9.85. The van der Waals surface area contributed by atoms with E-state index >= 15 is 0 Å². The standard InChI is InChI=1S/C24H21F3N2O4S/c1-15-3-10-19(11-4-15)34(31,32)29-14-22(33-21-13-16(2)5-12-20(21)29)23(30)28-18-8-6-17(7-9-18)24(25,26)27/h3-13,22H,14H2,1-2H3,(H,28,30)/t22-/m1/s1. The van der Waals surface area contributed by atoms with Crippen molar-refractivity contribution in [1.82, 2.24) is 0 Å². The Balaban J connectivity index is 1.63. The number of amides is 1. The molecule has 10 heteroatoms. The first kappa shape index (κ1) is 23.6. The zero-order valence-corrected chi connectivity index (χ0v) is 19.1. The molecule has 0 saturated heterocycles. The van der Waals surface area contributed by atoms with Gasteiger partial charge in [-0.25, -0.2) is 8.42 Å². The van der Waals surface area contributed by atoms with Crippen LogP contribution in [0.3, 0.4) is 0 Å².